The Bertz CT molecular complexity index is 3000. The molecule has 360 valence electrons. The van der Waals surface area contributed by atoms with Crippen molar-refractivity contribution in [3.05, 3.63) is 117 Å². The molecular formula is C49H57ClN8O8S2. The fourth-order valence-corrected chi connectivity index (χ4v) is 11.9. The van der Waals surface area contributed by atoms with Crippen LogP contribution in [0.15, 0.2) is 89.6 Å². The highest BCUT2D eigenvalue weighted by Crippen LogP contribution is 2.44. The maximum absolute atomic E-state index is 14.1. The topological polar surface area (TPSA) is 184 Å². The second kappa shape index (κ2) is 19.1. The van der Waals surface area contributed by atoms with Gasteiger partial charge in [-0.1, -0.05) is 43.2 Å². The molecule has 2 saturated heterocycles. The molecule has 9 rings (SSSR count). The summed E-state index contributed by atoms with van der Waals surface area (Å²) < 4.78 is 56.8. The molecule has 19 heteroatoms. The standard InChI is InChI=1S/C49H57ClN8O8S2/c1-49(2)13-11-36(43(28-49)34-5-7-37(50)8-6-34)31-55-15-19-56(20-16-55)38-9-10-41(46(25-38)66-39-24-35-12-14-51-47(35)52-29-39)48(59)53-68(63,64)40-26-44(58(60)61)42-23-33(32-65-45(42)27-40)30-54-17-21-57(22-18-54)67(3,4)62/h5-10,12,14,24-27,29,33H,3,11,13,15-23,28,30-32H2,1-2,4H3,(H,51,52)(H,53,59)/t33-,67?/m1/s1. The van der Waals surface area contributed by atoms with Gasteiger partial charge < -0.3 is 24.3 Å². The number of nitrogens with one attached hydrogen (secondary N) is 2. The number of rotatable bonds is 13. The van der Waals surface area contributed by atoms with Gasteiger partial charge in [-0.2, -0.15) is 0 Å². The summed E-state index contributed by atoms with van der Waals surface area (Å²) in [6.45, 7) is 11.9. The van der Waals surface area contributed by atoms with Crippen LogP contribution < -0.4 is 19.1 Å². The molecule has 0 radical (unpaired) electrons. The van der Waals surface area contributed by atoms with Crippen LogP contribution in [-0.2, 0) is 26.2 Å². The van der Waals surface area contributed by atoms with Crippen molar-refractivity contribution >= 4 is 71.1 Å². The normalized spacial score (nSPS) is 20.4. The lowest BCUT2D eigenvalue weighted by Crippen LogP contribution is -2.50. The summed E-state index contributed by atoms with van der Waals surface area (Å²) in [5.74, 6) is 3.24. The third-order valence-electron chi connectivity index (χ3n) is 13.6. The number of hydrogen-bond donors (Lipinski definition) is 2. The number of pyridine rings is 1. The zero-order valence-electron chi connectivity index (χ0n) is 38.5. The van der Waals surface area contributed by atoms with Gasteiger partial charge in [0.25, 0.3) is 21.6 Å². The van der Waals surface area contributed by atoms with E-state index in [-0.39, 0.29) is 35.0 Å². The number of benzene rings is 3. The van der Waals surface area contributed by atoms with Crippen LogP contribution >= 0.6 is 11.6 Å². The lowest BCUT2D eigenvalue weighted by atomic mass is 9.72. The Labute approximate surface area is 402 Å². The SMILES string of the molecule is C=S(C)(=O)N1CCN(C[C@@H]2COc3cc(S(=O)(=O)NC(=O)c4ccc(N5CCN(CC6=C(c7ccc(Cl)cc7)CC(C)(C)CC6)CC5)cc4Oc4cnc5[nH]ccc5c4)cc([N+](=O)[O-])c3C2)CC1. The Morgan fingerprint density at radius 3 is 2.46 bits per heavy atom. The monoisotopic (exact) mass is 984 g/mol. The van der Waals surface area contributed by atoms with Crippen molar-refractivity contribution in [2.75, 3.05) is 83.2 Å². The highest BCUT2D eigenvalue weighted by atomic mass is 35.5. The number of allylic oxidation sites excluding steroid dienone is 1. The number of ether oxygens (including phenoxy) is 2. The van der Waals surface area contributed by atoms with Crippen LogP contribution in [0.5, 0.6) is 17.2 Å². The molecule has 1 unspecified atom stereocenters. The van der Waals surface area contributed by atoms with E-state index in [0.717, 1.165) is 61.1 Å². The number of halogens is 1. The number of sulfonamides is 1. The minimum Gasteiger partial charge on any atom is -0.493 e. The number of hydrogen-bond acceptors (Lipinski definition) is 12. The number of nitrogens with zero attached hydrogens (tertiary/aromatic N) is 6. The molecule has 3 aromatic carbocycles. The van der Waals surface area contributed by atoms with E-state index in [1.165, 1.54) is 35.0 Å². The predicted octanol–water partition coefficient (Wildman–Crippen LogP) is 7.25. The molecule has 0 bridgehead atoms. The van der Waals surface area contributed by atoms with E-state index >= 15 is 0 Å². The minimum atomic E-state index is -4.66. The minimum absolute atomic E-state index is 0.0594. The Morgan fingerprint density at radius 2 is 1.74 bits per heavy atom. The van der Waals surface area contributed by atoms with E-state index < -0.39 is 41.1 Å². The number of nitro groups is 1. The van der Waals surface area contributed by atoms with Crippen LogP contribution in [-0.4, -0.2) is 132 Å². The Hall–Kier alpha value is -5.50. The van der Waals surface area contributed by atoms with Crippen LogP contribution in [0.2, 0.25) is 5.02 Å². The summed E-state index contributed by atoms with van der Waals surface area (Å²) in [5.41, 5.74) is 5.57. The van der Waals surface area contributed by atoms with E-state index in [2.05, 4.69) is 61.2 Å². The van der Waals surface area contributed by atoms with Crippen molar-refractivity contribution in [2.45, 2.75) is 44.4 Å². The summed E-state index contributed by atoms with van der Waals surface area (Å²) in [7, 11) is -6.97. The summed E-state index contributed by atoms with van der Waals surface area (Å²) >= 11 is 6.25. The number of carbonyl (C=O) groups is 1. The van der Waals surface area contributed by atoms with E-state index in [1.807, 2.05) is 22.5 Å². The van der Waals surface area contributed by atoms with Crippen molar-refractivity contribution in [1.82, 2.24) is 28.8 Å². The van der Waals surface area contributed by atoms with Gasteiger partial charge in [-0.3, -0.25) is 24.0 Å². The van der Waals surface area contributed by atoms with Crippen molar-refractivity contribution in [2.24, 2.45) is 11.3 Å². The average molecular weight is 986 g/mol. The molecule has 1 amide bonds. The zero-order valence-corrected chi connectivity index (χ0v) is 40.9. The summed E-state index contributed by atoms with van der Waals surface area (Å²) in [5, 5.41) is 14.0. The van der Waals surface area contributed by atoms with Gasteiger partial charge in [0.05, 0.1) is 33.7 Å². The van der Waals surface area contributed by atoms with E-state index in [4.69, 9.17) is 21.1 Å². The van der Waals surface area contributed by atoms with Gasteiger partial charge in [0.2, 0.25) is 0 Å². The molecule has 0 spiro atoms. The van der Waals surface area contributed by atoms with Crippen LogP contribution in [0.1, 0.15) is 54.6 Å². The fourth-order valence-electron chi connectivity index (χ4n) is 9.81. The zero-order chi connectivity index (χ0) is 48.0. The molecule has 16 nitrogen and oxygen atoms in total. The average Bonchev–Trinajstić information content (AvgIpc) is 3.77. The fraction of sp³-hybridized carbons (Fsp3) is 0.408. The first kappa shape index (κ1) is 47.6. The van der Waals surface area contributed by atoms with E-state index in [0.29, 0.717) is 69.2 Å². The molecule has 5 aromatic rings. The molecule has 3 aliphatic heterocycles. The number of aromatic nitrogens is 2. The van der Waals surface area contributed by atoms with Gasteiger partial charge in [0, 0.05) is 128 Å². The second-order valence-corrected chi connectivity index (χ2v) is 23.8. The molecule has 5 heterocycles. The van der Waals surface area contributed by atoms with E-state index in [1.54, 1.807) is 30.7 Å². The number of amides is 1. The molecule has 2 fully saturated rings. The number of fused-ring (bicyclic) bond motifs is 2. The summed E-state index contributed by atoms with van der Waals surface area (Å²) in [6.07, 6.45) is 8.37. The summed E-state index contributed by atoms with van der Waals surface area (Å²) in [6, 6.07) is 19.0. The number of nitro benzene ring substituents is 1. The lowest BCUT2D eigenvalue weighted by Gasteiger charge is -2.39. The quantitative estimate of drug-likeness (QED) is 0.0686. The van der Waals surface area contributed by atoms with Gasteiger partial charge in [-0.15, -0.1) is 0 Å². The predicted molar refractivity (Wildman–Crippen MR) is 267 cm³/mol. The van der Waals surface area contributed by atoms with Crippen LogP contribution in [0.3, 0.4) is 0 Å². The van der Waals surface area contributed by atoms with Gasteiger partial charge in [0.15, 0.2) is 0 Å². The highest BCUT2D eigenvalue weighted by molar-refractivity contribution is 7.97. The number of H-pyrrole nitrogens is 1. The van der Waals surface area contributed by atoms with Crippen LogP contribution in [0, 0.1) is 21.4 Å². The van der Waals surface area contributed by atoms with Crippen molar-refractivity contribution in [3.8, 4) is 17.2 Å². The number of aromatic amines is 1. The van der Waals surface area contributed by atoms with Crippen molar-refractivity contribution in [1.29, 1.82) is 0 Å². The molecule has 2 N–H and O–H groups in total. The summed E-state index contributed by atoms with van der Waals surface area (Å²) in [4.78, 5) is 39.9. The van der Waals surface area contributed by atoms with E-state index in [9.17, 15) is 27.5 Å². The van der Waals surface area contributed by atoms with Gasteiger partial charge >= 0.3 is 0 Å². The van der Waals surface area contributed by atoms with Crippen LogP contribution in [0.4, 0.5) is 11.4 Å². The lowest BCUT2D eigenvalue weighted by molar-refractivity contribution is -0.386. The third-order valence-corrected chi connectivity index (χ3v) is 16.6. The molecule has 1 aliphatic carbocycles. The largest absolute Gasteiger partial charge is 0.493 e. The maximum Gasteiger partial charge on any atom is 0.277 e. The second-order valence-electron chi connectivity index (χ2n) is 19.2. The number of carbonyl (C=O) groups excluding carboxylic acids is 1. The molecular weight excluding hydrogens is 928 g/mol. The first-order chi connectivity index (χ1) is 32.4. The molecule has 0 saturated carbocycles. The third kappa shape index (κ3) is 10.7. The molecule has 68 heavy (non-hydrogen) atoms. The van der Waals surface area contributed by atoms with Gasteiger partial charge in [-0.25, -0.2) is 22.4 Å². The Kier molecular flexibility index (Phi) is 13.4. The molecule has 2 aromatic heterocycles. The van der Waals surface area contributed by atoms with Crippen molar-refractivity contribution in [3.63, 3.8) is 0 Å². The highest BCUT2D eigenvalue weighted by Gasteiger charge is 2.34. The number of piperazine rings is 2. The van der Waals surface area contributed by atoms with Gasteiger partial charge in [0.1, 0.15) is 22.9 Å². The Balaban J connectivity index is 0.919. The molecule has 4 aliphatic rings. The smallest absolute Gasteiger partial charge is 0.277 e. The van der Waals surface area contributed by atoms with Crippen molar-refractivity contribution < 1.29 is 31.8 Å². The number of anilines is 1. The first-order valence-corrected chi connectivity index (χ1v) is 26.8. The first-order valence-electron chi connectivity index (χ1n) is 22.9. The van der Waals surface area contributed by atoms with Crippen LogP contribution in [0.25, 0.3) is 16.6 Å². The maximum atomic E-state index is 14.1. The Morgan fingerprint density at radius 1 is 1.00 bits per heavy atom. The van der Waals surface area contributed by atoms with Gasteiger partial charge in [-0.05, 0) is 84.5 Å². The molecule has 2 atom stereocenters.